The lowest BCUT2D eigenvalue weighted by atomic mass is 9.99. The summed E-state index contributed by atoms with van der Waals surface area (Å²) in [6, 6.07) is 9.33. The number of hydrogen-bond donors (Lipinski definition) is 0. The molecule has 0 bridgehead atoms. The van der Waals surface area contributed by atoms with Crippen molar-refractivity contribution in [3.8, 4) is 5.75 Å². The first kappa shape index (κ1) is 15.8. The number of likely N-dealkylation sites (tertiary alicyclic amines) is 2. The number of ether oxygens (including phenoxy) is 1. The van der Waals surface area contributed by atoms with E-state index in [4.69, 9.17) is 4.74 Å². The van der Waals surface area contributed by atoms with Crippen LogP contribution in [0.25, 0.3) is 0 Å². The van der Waals surface area contributed by atoms with Gasteiger partial charge < -0.3 is 9.64 Å². The Labute approximate surface area is 135 Å². The summed E-state index contributed by atoms with van der Waals surface area (Å²) < 4.78 is 5.76. The Balaban J connectivity index is 1.51. The highest BCUT2D eigenvalue weighted by molar-refractivity contribution is 5.33. The van der Waals surface area contributed by atoms with Crippen LogP contribution in [0.5, 0.6) is 5.75 Å². The van der Waals surface area contributed by atoms with Gasteiger partial charge in [0.15, 0.2) is 0 Å². The molecule has 0 spiro atoms. The van der Waals surface area contributed by atoms with Gasteiger partial charge in [-0.05, 0) is 64.9 Å². The van der Waals surface area contributed by atoms with E-state index in [-0.39, 0.29) is 0 Å². The molecule has 1 aromatic carbocycles. The summed E-state index contributed by atoms with van der Waals surface area (Å²) in [5.41, 5.74) is 1.33. The normalized spacial score (nSPS) is 21.9. The second kappa shape index (κ2) is 7.98. The Hall–Kier alpha value is -1.06. The standard InChI is InChI=1S/C19H30N2O/c1-2-22-19-9-5-4-8-17(19)16-20-14-10-18(11-15-20)21-12-6-3-7-13-21/h4-5,8-9,18H,2-3,6-7,10-16H2,1H3. The van der Waals surface area contributed by atoms with Crippen molar-refractivity contribution >= 4 is 0 Å². The Morgan fingerprint density at radius 2 is 1.73 bits per heavy atom. The first-order chi connectivity index (χ1) is 10.9. The monoisotopic (exact) mass is 302 g/mol. The van der Waals surface area contributed by atoms with Gasteiger partial charge in [0.25, 0.3) is 0 Å². The smallest absolute Gasteiger partial charge is 0.123 e. The van der Waals surface area contributed by atoms with Gasteiger partial charge in [0, 0.05) is 18.2 Å². The van der Waals surface area contributed by atoms with Crippen LogP contribution in [0.1, 0.15) is 44.6 Å². The Kier molecular flexibility index (Phi) is 5.74. The van der Waals surface area contributed by atoms with Crippen molar-refractivity contribution in [2.75, 3.05) is 32.8 Å². The highest BCUT2D eigenvalue weighted by atomic mass is 16.5. The minimum atomic E-state index is 0.744. The predicted molar refractivity (Wildman–Crippen MR) is 91.3 cm³/mol. The summed E-state index contributed by atoms with van der Waals surface area (Å²) in [7, 11) is 0. The molecule has 3 nitrogen and oxygen atoms in total. The largest absolute Gasteiger partial charge is 0.494 e. The van der Waals surface area contributed by atoms with Gasteiger partial charge in [0.1, 0.15) is 5.75 Å². The molecule has 0 aromatic heterocycles. The molecule has 0 radical (unpaired) electrons. The minimum absolute atomic E-state index is 0.744. The summed E-state index contributed by atoms with van der Waals surface area (Å²) in [5, 5.41) is 0. The van der Waals surface area contributed by atoms with E-state index in [1.54, 1.807) is 0 Å². The fraction of sp³-hybridized carbons (Fsp3) is 0.684. The second-order valence-electron chi connectivity index (χ2n) is 6.64. The van der Waals surface area contributed by atoms with Crippen LogP contribution >= 0.6 is 0 Å². The van der Waals surface area contributed by atoms with Gasteiger partial charge in [-0.2, -0.15) is 0 Å². The Morgan fingerprint density at radius 3 is 2.45 bits per heavy atom. The number of para-hydroxylation sites is 1. The molecule has 3 heteroatoms. The van der Waals surface area contributed by atoms with Crippen LogP contribution in [0.2, 0.25) is 0 Å². The van der Waals surface area contributed by atoms with Gasteiger partial charge in [-0.1, -0.05) is 24.6 Å². The van der Waals surface area contributed by atoms with Crippen LogP contribution in [0.4, 0.5) is 0 Å². The van der Waals surface area contributed by atoms with Crippen molar-refractivity contribution in [3.63, 3.8) is 0 Å². The molecule has 3 rings (SSSR count). The van der Waals surface area contributed by atoms with Crippen molar-refractivity contribution in [1.29, 1.82) is 0 Å². The summed E-state index contributed by atoms with van der Waals surface area (Å²) in [6.07, 6.45) is 6.90. The number of piperidine rings is 2. The zero-order chi connectivity index (χ0) is 15.2. The van der Waals surface area contributed by atoms with E-state index in [0.29, 0.717) is 0 Å². The molecule has 0 N–H and O–H groups in total. The molecular formula is C19H30N2O. The molecule has 122 valence electrons. The van der Waals surface area contributed by atoms with Crippen LogP contribution in [0, 0.1) is 0 Å². The fourth-order valence-electron chi connectivity index (χ4n) is 3.90. The molecule has 0 saturated carbocycles. The lowest BCUT2D eigenvalue weighted by Crippen LogP contribution is -2.46. The first-order valence-corrected chi connectivity index (χ1v) is 9.04. The van der Waals surface area contributed by atoms with Crippen LogP contribution in [-0.2, 0) is 6.54 Å². The van der Waals surface area contributed by atoms with Crippen molar-refractivity contribution in [3.05, 3.63) is 29.8 Å². The number of benzene rings is 1. The van der Waals surface area contributed by atoms with E-state index >= 15 is 0 Å². The molecular weight excluding hydrogens is 272 g/mol. The third-order valence-corrected chi connectivity index (χ3v) is 5.13. The average Bonchev–Trinajstić information content (AvgIpc) is 2.58. The third-order valence-electron chi connectivity index (χ3n) is 5.13. The van der Waals surface area contributed by atoms with E-state index in [2.05, 4.69) is 41.0 Å². The molecule has 0 amide bonds. The van der Waals surface area contributed by atoms with E-state index in [1.807, 2.05) is 0 Å². The maximum atomic E-state index is 5.76. The molecule has 0 aliphatic carbocycles. The Bertz CT molecular complexity index is 449. The maximum Gasteiger partial charge on any atom is 0.123 e. The third kappa shape index (κ3) is 4.02. The zero-order valence-electron chi connectivity index (χ0n) is 14.0. The van der Waals surface area contributed by atoms with Crippen molar-refractivity contribution in [2.45, 2.75) is 51.6 Å². The van der Waals surface area contributed by atoms with E-state index in [1.165, 1.54) is 63.8 Å². The second-order valence-corrected chi connectivity index (χ2v) is 6.64. The molecule has 0 unspecified atom stereocenters. The van der Waals surface area contributed by atoms with Crippen LogP contribution in [0.15, 0.2) is 24.3 Å². The molecule has 2 saturated heterocycles. The number of hydrogen-bond acceptors (Lipinski definition) is 3. The molecule has 2 aliphatic rings. The molecule has 0 atom stereocenters. The Morgan fingerprint density at radius 1 is 1.00 bits per heavy atom. The molecule has 2 heterocycles. The lowest BCUT2D eigenvalue weighted by Gasteiger charge is -2.40. The number of nitrogens with zero attached hydrogens (tertiary/aromatic N) is 2. The summed E-state index contributed by atoms with van der Waals surface area (Å²) in [5.74, 6) is 1.06. The molecule has 1 aromatic rings. The van der Waals surface area contributed by atoms with E-state index in [9.17, 15) is 0 Å². The molecule has 2 aliphatic heterocycles. The van der Waals surface area contributed by atoms with E-state index in [0.717, 1.165) is 24.9 Å². The quantitative estimate of drug-likeness (QED) is 0.827. The average molecular weight is 302 g/mol. The van der Waals surface area contributed by atoms with Crippen LogP contribution in [-0.4, -0.2) is 48.6 Å². The molecule has 22 heavy (non-hydrogen) atoms. The van der Waals surface area contributed by atoms with Gasteiger partial charge in [0.05, 0.1) is 6.61 Å². The lowest BCUT2D eigenvalue weighted by molar-refractivity contribution is 0.0892. The number of rotatable bonds is 5. The van der Waals surface area contributed by atoms with Crippen molar-refractivity contribution in [2.24, 2.45) is 0 Å². The van der Waals surface area contributed by atoms with Gasteiger partial charge in [-0.25, -0.2) is 0 Å². The predicted octanol–water partition coefficient (Wildman–Crippen LogP) is 3.54. The highest BCUT2D eigenvalue weighted by Crippen LogP contribution is 2.24. The van der Waals surface area contributed by atoms with Crippen molar-refractivity contribution in [1.82, 2.24) is 9.80 Å². The van der Waals surface area contributed by atoms with Gasteiger partial charge in [0.2, 0.25) is 0 Å². The maximum absolute atomic E-state index is 5.76. The highest BCUT2D eigenvalue weighted by Gasteiger charge is 2.25. The topological polar surface area (TPSA) is 15.7 Å². The summed E-state index contributed by atoms with van der Waals surface area (Å²) in [6.45, 7) is 8.94. The van der Waals surface area contributed by atoms with Gasteiger partial charge in [-0.3, -0.25) is 4.90 Å². The van der Waals surface area contributed by atoms with Crippen LogP contribution < -0.4 is 4.74 Å². The SMILES string of the molecule is CCOc1ccccc1CN1CCC(N2CCCCC2)CC1. The zero-order valence-corrected chi connectivity index (χ0v) is 14.0. The summed E-state index contributed by atoms with van der Waals surface area (Å²) in [4.78, 5) is 5.34. The van der Waals surface area contributed by atoms with Crippen LogP contribution in [0.3, 0.4) is 0 Å². The van der Waals surface area contributed by atoms with Gasteiger partial charge in [-0.15, -0.1) is 0 Å². The van der Waals surface area contributed by atoms with Crippen molar-refractivity contribution < 1.29 is 4.74 Å². The van der Waals surface area contributed by atoms with Gasteiger partial charge >= 0.3 is 0 Å². The summed E-state index contributed by atoms with van der Waals surface area (Å²) >= 11 is 0. The van der Waals surface area contributed by atoms with E-state index < -0.39 is 0 Å². The minimum Gasteiger partial charge on any atom is -0.494 e. The fourth-order valence-corrected chi connectivity index (χ4v) is 3.90. The first-order valence-electron chi connectivity index (χ1n) is 9.04. The molecule has 2 fully saturated rings.